The van der Waals surface area contributed by atoms with Crippen molar-refractivity contribution in [3.8, 4) is 5.63 Å². The first-order valence-corrected chi connectivity index (χ1v) is 11.1. The molecule has 0 aromatic heterocycles. The minimum absolute atomic E-state index is 0. The summed E-state index contributed by atoms with van der Waals surface area (Å²) in [7, 11) is 6.89. The summed E-state index contributed by atoms with van der Waals surface area (Å²) in [6.45, 7) is 74.0. The van der Waals surface area contributed by atoms with Gasteiger partial charge in [-0.3, -0.25) is 0 Å². The van der Waals surface area contributed by atoms with Gasteiger partial charge >= 0.3 is 176 Å². The Hall–Kier alpha value is -0.505. The van der Waals surface area contributed by atoms with Crippen LogP contribution in [0, 0.1) is 102 Å². The Morgan fingerprint density at radius 1 is 0.378 bits per heavy atom. The van der Waals surface area contributed by atoms with Crippen molar-refractivity contribution in [1.29, 1.82) is 0 Å². The molecule has 1 rings (SSSR count). The standard InChI is InChI=1S/C10H18P2.C5H9P.12CO.3W/c1-9(2,3)7-11-8(12-7)10(4,5)6;1-5(2,3)4-6;12*1-2;;;/h1-6H3;1-3H3;;;;;;;;;;;;;;;. The number of rotatable bonds is 0. The summed E-state index contributed by atoms with van der Waals surface area (Å²) in [5.74, 6) is 0. The van der Waals surface area contributed by atoms with E-state index in [0.717, 1.165) is 0 Å². The van der Waals surface area contributed by atoms with Crippen LogP contribution in [0.2, 0.25) is 0 Å². The second-order valence-corrected chi connectivity index (χ2v) is 10.9. The third-order valence-corrected chi connectivity index (χ3v) is 7.50. The van der Waals surface area contributed by atoms with E-state index in [1.165, 1.54) is 16.4 Å². The maximum absolute atomic E-state index is 7.50. The summed E-state index contributed by atoms with van der Waals surface area (Å²) in [5.41, 5.74) is 3.78. The molecule has 0 amide bonds. The first kappa shape index (κ1) is 104. The van der Waals surface area contributed by atoms with Crippen molar-refractivity contribution in [2.24, 2.45) is 16.2 Å². The van der Waals surface area contributed by atoms with Crippen LogP contribution in [0.5, 0.6) is 0 Å². The zero-order valence-electron chi connectivity index (χ0n) is 25.5. The molecular weight excluding hydrogens is 1160 g/mol. The molecule has 0 saturated carbocycles. The maximum atomic E-state index is 7.50. The van der Waals surface area contributed by atoms with E-state index in [1.54, 1.807) is 10.1 Å². The summed E-state index contributed by atoms with van der Waals surface area (Å²) in [6, 6.07) is 0. The third kappa shape index (κ3) is 148. The topological polar surface area (TPSA) is 239 Å². The summed E-state index contributed by atoms with van der Waals surface area (Å²) in [5, 5.41) is 3.35. The van der Waals surface area contributed by atoms with Gasteiger partial charge < -0.3 is 0 Å². The van der Waals surface area contributed by atoms with E-state index in [4.69, 9.17) is 55.8 Å². The molecule has 0 bridgehead atoms. The molecular formula is C27H27O12P3W3. The van der Waals surface area contributed by atoms with Gasteiger partial charge in [0.25, 0.3) is 0 Å². The predicted molar refractivity (Wildman–Crippen MR) is 140 cm³/mol. The predicted octanol–water partition coefficient (Wildman–Crippen LogP) is 6.19. The van der Waals surface area contributed by atoms with E-state index in [2.05, 4.69) is 156 Å². The molecule has 0 spiro atoms. The van der Waals surface area contributed by atoms with Crippen molar-refractivity contribution in [1.82, 2.24) is 0 Å². The molecule has 0 radical (unpaired) electrons. The molecule has 0 N–H and O–H groups in total. The van der Waals surface area contributed by atoms with Crippen LogP contribution in [-0.4, -0.2) is 10.1 Å². The zero-order valence-corrected chi connectivity index (χ0v) is 36.9. The molecule has 1 aliphatic heterocycles. The molecule has 0 fully saturated rings. The Kier molecular flexibility index (Phi) is 258. The largest absolute Gasteiger partial charge is 0 e. The van der Waals surface area contributed by atoms with Gasteiger partial charge in [-0.2, -0.15) is 0 Å². The van der Waals surface area contributed by atoms with Crippen molar-refractivity contribution in [3.63, 3.8) is 0 Å². The molecule has 12 nitrogen and oxygen atoms in total. The van der Waals surface area contributed by atoms with Crippen molar-refractivity contribution < 1.29 is 119 Å². The Balaban J connectivity index is -0.0000000160. The molecule has 1 aliphatic rings. The van der Waals surface area contributed by atoms with Crippen LogP contribution in [0.15, 0.2) is 0 Å². The first-order chi connectivity index (χ1) is 19.8. The third-order valence-electron chi connectivity index (χ3n) is 2.10. The first-order valence-electron chi connectivity index (χ1n) is 8.82. The van der Waals surface area contributed by atoms with E-state index in [-0.39, 0.29) is 68.6 Å². The molecule has 0 atom stereocenters. The molecule has 0 saturated heterocycles. The monoisotopic (exact) mass is 1190 g/mol. The van der Waals surface area contributed by atoms with Crippen LogP contribution in [0.3, 0.4) is 0 Å². The Bertz CT molecular complexity index is 746. The fourth-order valence-electron chi connectivity index (χ4n) is 0.877. The quantitative estimate of drug-likeness (QED) is 0.150. The van der Waals surface area contributed by atoms with Crippen LogP contribution >= 0.6 is 25.1 Å². The molecule has 1 heterocycles. The van der Waals surface area contributed by atoms with Gasteiger partial charge in [0.1, 0.15) is 0 Å². The average molecular weight is 1190 g/mol. The maximum Gasteiger partial charge on any atom is 0 e. The summed E-state index contributed by atoms with van der Waals surface area (Å²) in [4.78, 5) is 0. The summed E-state index contributed by atoms with van der Waals surface area (Å²) < 4.78 is 90.0. The van der Waals surface area contributed by atoms with Gasteiger partial charge in [0.05, 0.1) is 0 Å². The Morgan fingerprint density at radius 3 is 0.511 bits per heavy atom. The molecule has 0 unspecified atom stereocenters. The van der Waals surface area contributed by atoms with Crippen LogP contribution in [0.1, 0.15) is 62.3 Å². The SMILES string of the molecule is CC(C)(C)C#P.CC(C)(C)C1=PC(C(C)(C)C)=P1.[C-]#[O+].[C-]#[O+].[C-]#[O+].[C-]#[O+].[C-]#[O+].[C-]#[O+].[C-]#[O+].[C-]#[O+].[C-]#[O+].[C-]#[O+].[C-]#[O+].[C-]#[O+].[W].[W].[W]. The van der Waals surface area contributed by atoms with E-state index < -0.39 is 0 Å². The molecule has 0 aliphatic carbocycles. The molecule has 0 aromatic carbocycles. The van der Waals surface area contributed by atoms with Crippen LogP contribution in [0.4, 0.5) is 0 Å². The normalized spacial score (nSPS) is 7.47. The van der Waals surface area contributed by atoms with E-state index in [1.807, 2.05) is 0 Å². The smallest absolute Gasteiger partial charge is 0 e. The van der Waals surface area contributed by atoms with Crippen molar-refractivity contribution in [3.05, 3.63) is 79.8 Å². The van der Waals surface area contributed by atoms with Crippen molar-refractivity contribution in [2.45, 2.75) is 62.3 Å². The minimum Gasteiger partial charge on any atom is 0 e. The molecule has 18 heteroatoms. The summed E-state index contributed by atoms with van der Waals surface area (Å²) >= 11 is 0. The van der Waals surface area contributed by atoms with Gasteiger partial charge in [-0.05, 0) is 10.8 Å². The van der Waals surface area contributed by atoms with Gasteiger partial charge in [0.2, 0.25) is 0 Å². The van der Waals surface area contributed by atoms with Gasteiger partial charge in [0.15, 0.2) is 0 Å². The summed E-state index contributed by atoms with van der Waals surface area (Å²) in [6.07, 6.45) is 0. The second kappa shape index (κ2) is 112. The van der Waals surface area contributed by atoms with Crippen molar-refractivity contribution in [2.75, 3.05) is 0 Å². The fourth-order valence-corrected chi connectivity index (χ4v) is 3.53. The van der Waals surface area contributed by atoms with E-state index in [0.29, 0.717) is 10.8 Å². The van der Waals surface area contributed by atoms with Crippen LogP contribution < -0.4 is 0 Å². The number of hydrogen-bond donors (Lipinski definition) is 0. The molecule has 45 heavy (non-hydrogen) atoms. The van der Waals surface area contributed by atoms with Crippen molar-refractivity contribution >= 4 is 35.2 Å². The Labute approximate surface area is 316 Å². The average Bonchev–Trinajstić information content (AvgIpc) is 3.03. The second-order valence-electron chi connectivity index (χ2n) is 7.73. The Morgan fingerprint density at radius 2 is 0.467 bits per heavy atom. The van der Waals surface area contributed by atoms with Gasteiger partial charge in [-0.1, -0.05) is 58.0 Å². The van der Waals surface area contributed by atoms with E-state index in [9.17, 15) is 0 Å². The van der Waals surface area contributed by atoms with Gasteiger partial charge in [0, 0.05) is 73.3 Å². The molecule has 240 valence electrons. The molecule has 0 aromatic rings. The number of hydrogen-bond acceptors (Lipinski definition) is 0. The van der Waals surface area contributed by atoms with Gasteiger partial charge in [-0.25, -0.2) is 0 Å². The fraction of sp³-hybridized carbons (Fsp3) is 0.444. The van der Waals surface area contributed by atoms with Gasteiger partial charge in [-0.15, -0.1) is 0 Å². The van der Waals surface area contributed by atoms with E-state index >= 15 is 0 Å². The zero-order chi connectivity index (χ0) is 38.8. The minimum atomic E-state index is 0. The van der Waals surface area contributed by atoms with Crippen LogP contribution in [0.25, 0.3) is 0 Å². The van der Waals surface area contributed by atoms with Crippen LogP contribution in [-0.2, 0) is 119 Å².